The molecule has 2 aliphatic heterocycles. The molecule has 0 amide bonds. The number of halogens is 1. The van der Waals surface area contributed by atoms with Crippen LogP contribution in [-0.2, 0) is 4.74 Å². The second-order valence-corrected chi connectivity index (χ2v) is 4.09. The molecule has 2 heterocycles. The van der Waals surface area contributed by atoms with Crippen molar-refractivity contribution in [1.29, 1.82) is 0 Å². The van der Waals surface area contributed by atoms with Gasteiger partial charge < -0.3 is 4.74 Å². The molecule has 0 spiro atoms. The first-order chi connectivity index (χ1) is 5.86. The minimum absolute atomic E-state index is 0.234. The first kappa shape index (κ1) is 8.53. The highest BCUT2D eigenvalue weighted by molar-refractivity contribution is 9.09. The molecule has 2 atom stereocenters. The first-order valence-electron chi connectivity index (χ1n) is 4.35. The van der Waals surface area contributed by atoms with Gasteiger partial charge >= 0.3 is 0 Å². The van der Waals surface area contributed by atoms with Crippen LogP contribution in [0.15, 0.2) is 12.3 Å². The van der Waals surface area contributed by atoms with E-state index in [1.165, 1.54) is 12.8 Å². The van der Waals surface area contributed by atoms with Gasteiger partial charge in [0.05, 0.1) is 0 Å². The number of nitrogens with one attached hydrogen (secondary N) is 1. The van der Waals surface area contributed by atoms with Crippen molar-refractivity contribution in [3.05, 3.63) is 12.3 Å². The highest BCUT2D eigenvalue weighted by atomic mass is 79.9. The quantitative estimate of drug-likeness (QED) is 0.549. The summed E-state index contributed by atoms with van der Waals surface area (Å²) >= 11 is 3.45. The third kappa shape index (κ3) is 1.81. The molecule has 1 fully saturated rings. The number of nitrogens with zero attached hydrogens (tertiary/aromatic N) is 1. The molecule has 2 aliphatic rings. The van der Waals surface area contributed by atoms with Crippen LogP contribution in [0, 0.1) is 0 Å². The normalized spacial score (nSPS) is 35.9. The second-order valence-electron chi connectivity index (χ2n) is 3.10. The van der Waals surface area contributed by atoms with E-state index in [2.05, 4.69) is 27.4 Å². The molecule has 0 aromatic rings. The molecule has 1 saturated heterocycles. The van der Waals surface area contributed by atoms with Gasteiger partial charge in [0.25, 0.3) is 0 Å². The van der Waals surface area contributed by atoms with Crippen molar-refractivity contribution in [3.8, 4) is 0 Å². The molecule has 0 radical (unpaired) electrons. The molecule has 2 unspecified atom stereocenters. The van der Waals surface area contributed by atoms with E-state index in [0.717, 1.165) is 13.0 Å². The molecule has 0 aliphatic carbocycles. The SMILES string of the molecule is BrC1C=CN(C2CCCCO2)N1. The lowest BCUT2D eigenvalue weighted by Crippen LogP contribution is -2.43. The van der Waals surface area contributed by atoms with Crippen LogP contribution in [0.1, 0.15) is 19.3 Å². The molecule has 2 rings (SSSR count). The van der Waals surface area contributed by atoms with Gasteiger partial charge in [-0.3, -0.25) is 5.01 Å². The maximum atomic E-state index is 5.60. The lowest BCUT2D eigenvalue weighted by Gasteiger charge is -2.31. The molecule has 0 saturated carbocycles. The largest absolute Gasteiger partial charge is 0.357 e. The van der Waals surface area contributed by atoms with Gasteiger partial charge in [0, 0.05) is 12.8 Å². The Bertz CT molecular complexity index is 180. The summed E-state index contributed by atoms with van der Waals surface area (Å²) < 4.78 is 5.60. The monoisotopic (exact) mass is 232 g/mol. The summed E-state index contributed by atoms with van der Waals surface area (Å²) in [4.78, 5) is 0.267. The zero-order chi connectivity index (χ0) is 8.39. The predicted molar refractivity (Wildman–Crippen MR) is 50.4 cm³/mol. The second kappa shape index (κ2) is 3.77. The minimum Gasteiger partial charge on any atom is -0.357 e. The van der Waals surface area contributed by atoms with Gasteiger partial charge in [0.15, 0.2) is 0 Å². The van der Waals surface area contributed by atoms with Crippen molar-refractivity contribution in [3.63, 3.8) is 0 Å². The Hall–Kier alpha value is -0.0600. The summed E-state index contributed by atoms with van der Waals surface area (Å²) in [5, 5.41) is 2.04. The van der Waals surface area contributed by atoms with Crippen LogP contribution in [0.5, 0.6) is 0 Å². The lowest BCUT2D eigenvalue weighted by molar-refractivity contribution is -0.0804. The number of hydrogen-bond acceptors (Lipinski definition) is 3. The molecule has 12 heavy (non-hydrogen) atoms. The highest BCUT2D eigenvalue weighted by Crippen LogP contribution is 2.19. The number of ether oxygens (including phenoxy) is 1. The highest BCUT2D eigenvalue weighted by Gasteiger charge is 2.23. The smallest absolute Gasteiger partial charge is 0.143 e. The van der Waals surface area contributed by atoms with E-state index in [1.807, 2.05) is 11.2 Å². The predicted octanol–water partition coefficient (Wildman–Crippen LogP) is 1.57. The number of hydrazine groups is 1. The average molecular weight is 233 g/mol. The summed E-state index contributed by atoms with van der Waals surface area (Å²) in [5.41, 5.74) is 3.24. The number of alkyl halides is 1. The summed E-state index contributed by atoms with van der Waals surface area (Å²) in [5.74, 6) is 0. The average Bonchev–Trinajstić information content (AvgIpc) is 2.54. The summed E-state index contributed by atoms with van der Waals surface area (Å²) in [7, 11) is 0. The van der Waals surface area contributed by atoms with Gasteiger partial charge in [0.1, 0.15) is 11.2 Å². The minimum atomic E-state index is 0.234. The molecule has 0 aromatic carbocycles. The van der Waals surface area contributed by atoms with Crippen molar-refractivity contribution in [2.75, 3.05) is 6.61 Å². The van der Waals surface area contributed by atoms with Crippen molar-refractivity contribution in [1.82, 2.24) is 10.4 Å². The summed E-state index contributed by atoms with van der Waals surface area (Å²) in [6.07, 6.45) is 7.93. The van der Waals surface area contributed by atoms with Crippen LogP contribution in [0.2, 0.25) is 0 Å². The first-order valence-corrected chi connectivity index (χ1v) is 5.26. The van der Waals surface area contributed by atoms with E-state index >= 15 is 0 Å². The number of rotatable bonds is 1. The zero-order valence-electron chi connectivity index (χ0n) is 6.87. The summed E-state index contributed by atoms with van der Waals surface area (Å²) in [6, 6.07) is 0. The van der Waals surface area contributed by atoms with Crippen LogP contribution >= 0.6 is 15.9 Å². The molecule has 0 aromatic heterocycles. The fourth-order valence-electron chi connectivity index (χ4n) is 1.52. The van der Waals surface area contributed by atoms with Crippen LogP contribution in [0.3, 0.4) is 0 Å². The molecular weight excluding hydrogens is 220 g/mol. The van der Waals surface area contributed by atoms with Gasteiger partial charge in [-0.1, -0.05) is 15.9 Å². The molecule has 1 N–H and O–H groups in total. The molecule has 0 bridgehead atoms. The Morgan fingerprint density at radius 2 is 2.42 bits per heavy atom. The van der Waals surface area contributed by atoms with E-state index < -0.39 is 0 Å². The lowest BCUT2D eigenvalue weighted by atomic mass is 10.2. The Balaban J connectivity index is 1.87. The Morgan fingerprint density at radius 1 is 1.50 bits per heavy atom. The molecule has 68 valence electrons. The van der Waals surface area contributed by atoms with Crippen molar-refractivity contribution >= 4 is 15.9 Å². The number of hydrogen-bond donors (Lipinski definition) is 1. The topological polar surface area (TPSA) is 24.5 Å². The fourth-order valence-corrected chi connectivity index (χ4v) is 1.89. The standard InChI is InChI=1S/C8H13BrN2O/c9-7-4-5-11(10-7)8-3-1-2-6-12-8/h4-5,7-8,10H,1-3,6H2. The van der Waals surface area contributed by atoms with Crippen LogP contribution in [0.4, 0.5) is 0 Å². The Kier molecular flexibility index (Phi) is 2.68. The van der Waals surface area contributed by atoms with Crippen molar-refractivity contribution in [2.24, 2.45) is 0 Å². The molecular formula is C8H13BrN2O. The molecule has 4 heteroatoms. The van der Waals surface area contributed by atoms with Crippen LogP contribution in [0.25, 0.3) is 0 Å². The van der Waals surface area contributed by atoms with E-state index in [-0.39, 0.29) is 11.2 Å². The van der Waals surface area contributed by atoms with E-state index in [1.54, 1.807) is 0 Å². The van der Waals surface area contributed by atoms with Gasteiger partial charge in [0.2, 0.25) is 0 Å². The van der Waals surface area contributed by atoms with Gasteiger partial charge in [-0.05, 0) is 25.3 Å². The third-order valence-corrected chi connectivity index (χ3v) is 2.66. The van der Waals surface area contributed by atoms with Gasteiger partial charge in [-0.25, -0.2) is 5.43 Å². The van der Waals surface area contributed by atoms with Crippen molar-refractivity contribution < 1.29 is 4.74 Å². The van der Waals surface area contributed by atoms with Gasteiger partial charge in [-0.2, -0.15) is 0 Å². The van der Waals surface area contributed by atoms with Crippen LogP contribution < -0.4 is 5.43 Å². The van der Waals surface area contributed by atoms with E-state index in [4.69, 9.17) is 4.74 Å². The van der Waals surface area contributed by atoms with Crippen LogP contribution in [-0.4, -0.2) is 22.8 Å². The maximum absolute atomic E-state index is 5.60. The Morgan fingerprint density at radius 3 is 3.00 bits per heavy atom. The summed E-state index contributed by atoms with van der Waals surface area (Å²) in [6.45, 7) is 0.892. The zero-order valence-corrected chi connectivity index (χ0v) is 8.46. The Labute approximate surface area is 80.9 Å². The molecule has 3 nitrogen and oxygen atoms in total. The van der Waals surface area contributed by atoms with Gasteiger partial charge in [-0.15, -0.1) is 0 Å². The van der Waals surface area contributed by atoms with Crippen molar-refractivity contribution in [2.45, 2.75) is 30.4 Å². The van der Waals surface area contributed by atoms with E-state index in [9.17, 15) is 0 Å². The maximum Gasteiger partial charge on any atom is 0.143 e. The fraction of sp³-hybridized carbons (Fsp3) is 0.750. The third-order valence-electron chi connectivity index (χ3n) is 2.15. The van der Waals surface area contributed by atoms with E-state index in [0.29, 0.717) is 0 Å².